The van der Waals surface area contributed by atoms with Crippen LogP contribution in [-0.2, 0) is 9.53 Å². The van der Waals surface area contributed by atoms with E-state index in [2.05, 4.69) is 6.92 Å². The lowest BCUT2D eigenvalue weighted by Gasteiger charge is -2.31. The monoisotopic (exact) mass is 291 g/mol. The minimum Gasteiger partial charge on any atom is -0.508 e. The Kier molecular flexibility index (Phi) is 4.83. The van der Waals surface area contributed by atoms with Crippen molar-refractivity contribution < 1.29 is 19.4 Å². The average Bonchev–Trinajstić information content (AvgIpc) is 2.47. The zero-order valence-corrected chi connectivity index (χ0v) is 12.4. The number of nitrogens with zero attached hydrogens (tertiary/aromatic N) is 1. The van der Waals surface area contributed by atoms with Gasteiger partial charge in [0, 0.05) is 13.1 Å². The summed E-state index contributed by atoms with van der Waals surface area (Å²) in [6.07, 6.45) is 1.16. The molecule has 0 bridgehead atoms. The molecule has 1 amide bonds. The molecule has 1 fully saturated rings. The lowest BCUT2D eigenvalue weighted by atomic mass is 9.99. The van der Waals surface area contributed by atoms with E-state index in [1.807, 2.05) is 0 Å². The Morgan fingerprint density at radius 2 is 2.00 bits per heavy atom. The number of carbonyl (C=O) groups is 2. The van der Waals surface area contributed by atoms with Crippen molar-refractivity contribution >= 4 is 11.9 Å². The number of phenolic OH excluding ortho intramolecular Hbond substituents is 1. The van der Waals surface area contributed by atoms with Crippen LogP contribution in [0.3, 0.4) is 0 Å². The van der Waals surface area contributed by atoms with Crippen LogP contribution in [0.2, 0.25) is 0 Å². The number of ether oxygens (including phenoxy) is 1. The van der Waals surface area contributed by atoms with Gasteiger partial charge in [0.1, 0.15) is 5.75 Å². The molecule has 1 saturated heterocycles. The predicted octanol–water partition coefficient (Wildman–Crippen LogP) is 2.20. The van der Waals surface area contributed by atoms with Crippen molar-refractivity contribution in [2.75, 3.05) is 13.1 Å². The van der Waals surface area contributed by atoms with Gasteiger partial charge in [-0.3, -0.25) is 4.79 Å². The van der Waals surface area contributed by atoms with Crippen LogP contribution in [0, 0.1) is 5.92 Å². The summed E-state index contributed by atoms with van der Waals surface area (Å²) >= 11 is 0. The summed E-state index contributed by atoms with van der Waals surface area (Å²) in [7, 11) is 0. The number of rotatable bonds is 3. The maximum Gasteiger partial charge on any atom is 0.339 e. The van der Waals surface area contributed by atoms with Gasteiger partial charge in [-0.1, -0.05) is 13.0 Å². The molecule has 2 rings (SSSR count). The Bertz CT molecular complexity index is 521. The number of piperidine rings is 1. The third-order valence-electron chi connectivity index (χ3n) is 3.81. The third kappa shape index (κ3) is 3.97. The summed E-state index contributed by atoms with van der Waals surface area (Å²) in [5.41, 5.74) is 0.238. The number of hydrogen-bond acceptors (Lipinski definition) is 4. The van der Waals surface area contributed by atoms with Crippen molar-refractivity contribution in [2.45, 2.75) is 32.8 Å². The molecule has 114 valence electrons. The first-order chi connectivity index (χ1) is 9.97. The summed E-state index contributed by atoms with van der Waals surface area (Å²) < 4.78 is 5.19. The fraction of sp³-hybridized carbons (Fsp3) is 0.500. The maximum absolute atomic E-state index is 12.2. The Morgan fingerprint density at radius 3 is 2.62 bits per heavy atom. The first-order valence-corrected chi connectivity index (χ1v) is 7.26. The SMILES string of the molecule is CC1CCN(C(=O)[C@H](C)OC(=O)c2cccc(O)c2)CC1. The van der Waals surface area contributed by atoms with E-state index in [1.54, 1.807) is 24.0 Å². The van der Waals surface area contributed by atoms with Crippen LogP contribution in [-0.4, -0.2) is 41.1 Å². The van der Waals surface area contributed by atoms with Gasteiger partial charge in [0.05, 0.1) is 5.56 Å². The molecular weight excluding hydrogens is 270 g/mol. The molecule has 0 unspecified atom stereocenters. The fourth-order valence-electron chi connectivity index (χ4n) is 2.40. The Balaban J connectivity index is 1.93. The molecule has 1 aromatic carbocycles. The van der Waals surface area contributed by atoms with Crippen LogP contribution in [0.5, 0.6) is 5.75 Å². The Hall–Kier alpha value is -2.04. The second-order valence-electron chi connectivity index (χ2n) is 5.61. The number of benzene rings is 1. The van der Waals surface area contributed by atoms with Gasteiger partial charge in [-0.05, 0) is 43.9 Å². The van der Waals surface area contributed by atoms with E-state index >= 15 is 0 Å². The molecule has 5 nitrogen and oxygen atoms in total. The quantitative estimate of drug-likeness (QED) is 0.867. The topological polar surface area (TPSA) is 66.8 Å². The molecule has 0 aliphatic carbocycles. The fourth-order valence-corrected chi connectivity index (χ4v) is 2.40. The van der Waals surface area contributed by atoms with Crippen LogP contribution in [0.1, 0.15) is 37.0 Å². The van der Waals surface area contributed by atoms with E-state index in [1.165, 1.54) is 12.1 Å². The second kappa shape index (κ2) is 6.61. The second-order valence-corrected chi connectivity index (χ2v) is 5.61. The van der Waals surface area contributed by atoms with Crippen LogP contribution < -0.4 is 0 Å². The highest BCUT2D eigenvalue weighted by Crippen LogP contribution is 2.18. The van der Waals surface area contributed by atoms with Crippen molar-refractivity contribution in [2.24, 2.45) is 5.92 Å². The number of carbonyl (C=O) groups excluding carboxylic acids is 2. The van der Waals surface area contributed by atoms with Crippen LogP contribution in [0.25, 0.3) is 0 Å². The zero-order valence-electron chi connectivity index (χ0n) is 12.4. The average molecular weight is 291 g/mol. The highest BCUT2D eigenvalue weighted by atomic mass is 16.5. The maximum atomic E-state index is 12.2. The number of likely N-dealkylation sites (tertiary alicyclic amines) is 1. The first kappa shape index (κ1) is 15.4. The van der Waals surface area contributed by atoms with Crippen LogP contribution in [0.4, 0.5) is 0 Å². The summed E-state index contributed by atoms with van der Waals surface area (Å²) in [6, 6.07) is 5.90. The number of esters is 1. The Labute approximate surface area is 124 Å². The largest absolute Gasteiger partial charge is 0.508 e. The summed E-state index contributed by atoms with van der Waals surface area (Å²) in [6.45, 7) is 5.19. The molecule has 21 heavy (non-hydrogen) atoms. The normalized spacial score (nSPS) is 17.3. The Morgan fingerprint density at radius 1 is 1.33 bits per heavy atom. The standard InChI is InChI=1S/C16H21NO4/c1-11-6-8-17(9-7-11)15(19)12(2)21-16(20)13-4-3-5-14(18)10-13/h3-5,10-12,18H,6-9H2,1-2H3/t12-/m0/s1. The lowest BCUT2D eigenvalue weighted by molar-refractivity contribution is -0.141. The first-order valence-electron chi connectivity index (χ1n) is 7.26. The minimum absolute atomic E-state index is 0.00607. The molecule has 0 spiro atoms. The molecular formula is C16H21NO4. The highest BCUT2D eigenvalue weighted by Gasteiger charge is 2.27. The van der Waals surface area contributed by atoms with Crippen molar-refractivity contribution in [3.8, 4) is 5.75 Å². The zero-order chi connectivity index (χ0) is 15.4. The summed E-state index contributed by atoms with van der Waals surface area (Å²) in [5.74, 6) is -0.125. The van der Waals surface area contributed by atoms with E-state index in [-0.39, 0.29) is 17.2 Å². The van der Waals surface area contributed by atoms with Crippen molar-refractivity contribution in [1.82, 2.24) is 4.90 Å². The molecule has 1 aromatic rings. The van der Waals surface area contributed by atoms with Gasteiger partial charge in [-0.15, -0.1) is 0 Å². The molecule has 1 N–H and O–H groups in total. The van der Waals surface area contributed by atoms with Gasteiger partial charge < -0.3 is 14.7 Å². The van der Waals surface area contributed by atoms with Gasteiger partial charge >= 0.3 is 5.97 Å². The molecule has 1 aliphatic rings. The van der Waals surface area contributed by atoms with Gasteiger partial charge in [0.2, 0.25) is 0 Å². The lowest BCUT2D eigenvalue weighted by Crippen LogP contribution is -2.44. The number of amides is 1. The molecule has 0 saturated carbocycles. The predicted molar refractivity (Wildman–Crippen MR) is 78.0 cm³/mol. The third-order valence-corrected chi connectivity index (χ3v) is 3.81. The van der Waals surface area contributed by atoms with E-state index < -0.39 is 12.1 Å². The number of hydrogen-bond donors (Lipinski definition) is 1. The van der Waals surface area contributed by atoms with E-state index in [0.29, 0.717) is 19.0 Å². The van der Waals surface area contributed by atoms with Crippen molar-refractivity contribution in [1.29, 1.82) is 0 Å². The van der Waals surface area contributed by atoms with Gasteiger partial charge in [-0.25, -0.2) is 4.79 Å². The van der Waals surface area contributed by atoms with E-state index in [4.69, 9.17) is 4.74 Å². The molecule has 1 atom stereocenters. The van der Waals surface area contributed by atoms with E-state index in [9.17, 15) is 14.7 Å². The molecule has 1 heterocycles. The van der Waals surface area contributed by atoms with Crippen LogP contribution >= 0.6 is 0 Å². The van der Waals surface area contributed by atoms with Gasteiger partial charge in [0.15, 0.2) is 6.10 Å². The van der Waals surface area contributed by atoms with Crippen LogP contribution in [0.15, 0.2) is 24.3 Å². The van der Waals surface area contributed by atoms with Crippen molar-refractivity contribution in [3.05, 3.63) is 29.8 Å². The number of phenols is 1. The highest BCUT2D eigenvalue weighted by molar-refractivity contribution is 5.92. The van der Waals surface area contributed by atoms with Gasteiger partial charge in [0.25, 0.3) is 5.91 Å². The molecule has 0 aromatic heterocycles. The summed E-state index contributed by atoms with van der Waals surface area (Å²) in [5, 5.41) is 9.35. The number of aromatic hydroxyl groups is 1. The van der Waals surface area contributed by atoms with Gasteiger partial charge in [-0.2, -0.15) is 0 Å². The molecule has 0 radical (unpaired) electrons. The smallest absolute Gasteiger partial charge is 0.339 e. The minimum atomic E-state index is -0.812. The molecule has 1 aliphatic heterocycles. The van der Waals surface area contributed by atoms with Crippen molar-refractivity contribution in [3.63, 3.8) is 0 Å². The molecule has 5 heteroatoms. The summed E-state index contributed by atoms with van der Waals surface area (Å²) in [4.78, 5) is 25.9. The van der Waals surface area contributed by atoms with E-state index in [0.717, 1.165) is 12.8 Å².